The number of fused-ring (bicyclic) bond motifs is 2. The number of nitrogens with one attached hydrogen (secondary N) is 1. The number of hydrogen-bond donors (Lipinski definition) is 1. The van der Waals surface area contributed by atoms with E-state index < -0.39 is 0 Å². The number of thiophene rings is 1. The largest absolute Gasteiger partial charge is 0.462 e. The quantitative estimate of drug-likeness (QED) is 0.313. The predicted octanol–water partition coefficient (Wildman–Crippen LogP) is 4.84. The molecule has 180 valence electrons. The SMILES string of the molecule is CCOC(=O)c1c(NC(=O)CCCCCN2C(=O)c3ccccc3C2=O)sc2c1CCC(C)C2. The Hall–Kier alpha value is -3.00. The molecule has 0 radical (unpaired) electrons. The van der Waals surface area contributed by atoms with E-state index in [2.05, 4.69) is 12.2 Å². The lowest BCUT2D eigenvalue weighted by molar-refractivity contribution is -0.116. The van der Waals surface area contributed by atoms with Gasteiger partial charge in [0, 0.05) is 17.8 Å². The van der Waals surface area contributed by atoms with Crippen molar-refractivity contribution in [1.29, 1.82) is 0 Å². The first-order chi connectivity index (χ1) is 16.4. The van der Waals surface area contributed by atoms with Gasteiger partial charge in [0.1, 0.15) is 5.00 Å². The van der Waals surface area contributed by atoms with Crippen molar-refractivity contribution in [3.05, 3.63) is 51.4 Å². The second-order valence-corrected chi connectivity index (χ2v) is 10.0. The summed E-state index contributed by atoms with van der Waals surface area (Å²) in [6.45, 7) is 4.61. The molecule has 1 N–H and O–H groups in total. The Morgan fingerprint density at radius 1 is 1.12 bits per heavy atom. The van der Waals surface area contributed by atoms with Gasteiger partial charge in [0.25, 0.3) is 11.8 Å². The number of anilines is 1. The van der Waals surface area contributed by atoms with Crippen LogP contribution in [-0.4, -0.2) is 41.7 Å². The highest BCUT2D eigenvalue weighted by atomic mass is 32.1. The molecule has 7 nitrogen and oxygen atoms in total. The van der Waals surface area contributed by atoms with Crippen LogP contribution < -0.4 is 5.32 Å². The van der Waals surface area contributed by atoms with Crippen LogP contribution in [0.1, 0.15) is 87.5 Å². The summed E-state index contributed by atoms with van der Waals surface area (Å²) in [5.74, 6) is -0.447. The maximum Gasteiger partial charge on any atom is 0.341 e. The molecule has 1 aliphatic heterocycles. The molecule has 4 rings (SSSR count). The Kier molecular flexibility index (Phi) is 7.46. The topological polar surface area (TPSA) is 92.8 Å². The summed E-state index contributed by atoms with van der Waals surface area (Å²) >= 11 is 1.49. The Morgan fingerprint density at radius 2 is 1.82 bits per heavy atom. The van der Waals surface area contributed by atoms with Gasteiger partial charge in [0.15, 0.2) is 0 Å². The standard InChI is InChI=1S/C26H30N2O5S/c1-3-33-26(32)22-19-13-12-16(2)15-20(19)34-23(22)27-21(29)11-5-4-8-14-28-24(30)17-9-6-7-10-18(17)25(28)31/h6-7,9-10,16H,3-5,8,11-15H2,1-2H3,(H,27,29). The van der Waals surface area contributed by atoms with Crippen LogP contribution in [0, 0.1) is 5.92 Å². The first-order valence-electron chi connectivity index (χ1n) is 12.0. The van der Waals surface area contributed by atoms with Crippen LogP contribution in [-0.2, 0) is 22.4 Å². The van der Waals surface area contributed by atoms with Crippen molar-refractivity contribution >= 4 is 40.0 Å². The predicted molar refractivity (Wildman–Crippen MR) is 130 cm³/mol. The van der Waals surface area contributed by atoms with E-state index in [4.69, 9.17) is 4.74 Å². The Morgan fingerprint density at radius 3 is 2.50 bits per heavy atom. The van der Waals surface area contributed by atoms with Gasteiger partial charge in [-0.3, -0.25) is 19.3 Å². The normalized spacial score (nSPS) is 16.9. The maximum absolute atomic E-state index is 12.6. The monoisotopic (exact) mass is 482 g/mol. The third-order valence-corrected chi connectivity index (χ3v) is 7.58. The van der Waals surface area contributed by atoms with Gasteiger partial charge in [-0.15, -0.1) is 11.3 Å². The highest BCUT2D eigenvalue weighted by Gasteiger charge is 2.34. The molecule has 34 heavy (non-hydrogen) atoms. The van der Waals surface area contributed by atoms with Crippen LogP contribution in [0.25, 0.3) is 0 Å². The van der Waals surface area contributed by atoms with Crippen LogP contribution >= 0.6 is 11.3 Å². The summed E-state index contributed by atoms with van der Waals surface area (Å²) in [5, 5.41) is 3.53. The van der Waals surface area contributed by atoms with Gasteiger partial charge in [-0.2, -0.15) is 0 Å². The minimum absolute atomic E-state index is 0.141. The Bertz CT molecular complexity index is 1090. The molecule has 0 fully saturated rings. The second kappa shape index (κ2) is 10.5. The van der Waals surface area contributed by atoms with Crippen LogP contribution in [0.4, 0.5) is 5.00 Å². The molecular formula is C26H30N2O5S. The molecule has 1 aliphatic carbocycles. The Balaban J connectivity index is 1.28. The molecule has 1 unspecified atom stereocenters. The summed E-state index contributed by atoms with van der Waals surface area (Å²) in [7, 11) is 0. The maximum atomic E-state index is 12.6. The van der Waals surface area contributed by atoms with Crippen molar-refractivity contribution < 1.29 is 23.9 Å². The number of unbranched alkanes of at least 4 members (excludes halogenated alkanes) is 2. The zero-order valence-electron chi connectivity index (χ0n) is 19.6. The van der Waals surface area contributed by atoms with E-state index in [-0.39, 0.29) is 23.7 Å². The molecule has 3 amide bonds. The van der Waals surface area contributed by atoms with Gasteiger partial charge in [0.05, 0.1) is 23.3 Å². The van der Waals surface area contributed by atoms with Crippen LogP contribution in [0.5, 0.6) is 0 Å². The molecule has 1 atom stereocenters. The van der Waals surface area contributed by atoms with Crippen LogP contribution in [0.15, 0.2) is 24.3 Å². The van der Waals surface area contributed by atoms with Crippen LogP contribution in [0.3, 0.4) is 0 Å². The molecule has 1 aromatic carbocycles. The van der Waals surface area contributed by atoms with Crippen molar-refractivity contribution in [1.82, 2.24) is 4.90 Å². The summed E-state index contributed by atoms with van der Waals surface area (Å²) in [4.78, 5) is 52.5. The first-order valence-corrected chi connectivity index (χ1v) is 12.8. The lowest BCUT2D eigenvalue weighted by Gasteiger charge is -2.18. The van der Waals surface area contributed by atoms with Crippen molar-refractivity contribution in [2.45, 2.75) is 58.8 Å². The van der Waals surface area contributed by atoms with Gasteiger partial charge in [-0.1, -0.05) is 25.5 Å². The van der Waals surface area contributed by atoms with Crippen molar-refractivity contribution in [2.24, 2.45) is 5.92 Å². The first kappa shape index (κ1) is 24.1. The van der Waals surface area contributed by atoms with E-state index in [0.717, 1.165) is 29.7 Å². The number of benzene rings is 1. The van der Waals surface area contributed by atoms with Crippen LogP contribution in [0.2, 0.25) is 0 Å². The molecule has 8 heteroatoms. The number of carbonyl (C=O) groups is 4. The zero-order valence-corrected chi connectivity index (χ0v) is 20.5. The van der Waals surface area contributed by atoms with Gasteiger partial charge >= 0.3 is 5.97 Å². The lowest BCUT2D eigenvalue weighted by Crippen LogP contribution is -2.30. The van der Waals surface area contributed by atoms with E-state index in [9.17, 15) is 19.2 Å². The van der Waals surface area contributed by atoms with Crippen molar-refractivity contribution in [2.75, 3.05) is 18.5 Å². The van der Waals surface area contributed by atoms with Gasteiger partial charge < -0.3 is 10.1 Å². The zero-order chi connectivity index (χ0) is 24.2. The fourth-order valence-corrected chi connectivity index (χ4v) is 6.04. The second-order valence-electron chi connectivity index (χ2n) is 8.94. The van der Waals surface area contributed by atoms with Gasteiger partial charge in [0.2, 0.25) is 5.91 Å². The average Bonchev–Trinajstić information content (AvgIpc) is 3.28. The molecule has 2 heterocycles. The smallest absolute Gasteiger partial charge is 0.341 e. The number of nitrogens with zero attached hydrogens (tertiary/aromatic N) is 1. The number of rotatable bonds is 9. The number of ether oxygens (including phenoxy) is 1. The van der Waals surface area contributed by atoms with E-state index in [1.165, 1.54) is 16.2 Å². The van der Waals surface area contributed by atoms with E-state index >= 15 is 0 Å². The lowest BCUT2D eigenvalue weighted by atomic mass is 9.88. The fourth-order valence-electron chi connectivity index (χ4n) is 4.62. The highest BCUT2D eigenvalue weighted by molar-refractivity contribution is 7.17. The minimum atomic E-state index is -0.370. The summed E-state index contributed by atoms with van der Waals surface area (Å²) < 4.78 is 5.26. The third-order valence-electron chi connectivity index (χ3n) is 6.41. The molecule has 2 aromatic rings. The average molecular weight is 483 g/mol. The molecule has 0 saturated carbocycles. The molecule has 2 aliphatic rings. The summed E-state index contributed by atoms with van der Waals surface area (Å²) in [6.07, 6.45) is 5.06. The van der Waals surface area contributed by atoms with E-state index in [1.54, 1.807) is 31.2 Å². The van der Waals surface area contributed by atoms with Crippen molar-refractivity contribution in [3.63, 3.8) is 0 Å². The van der Waals surface area contributed by atoms with E-state index in [0.29, 0.717) is 66.4 Å². The summed E-state index contributed by atoms with van der Waals surface area (Å²) in [5.41, 5.74) is 2.46. The summed E-state index contributed by atoms with van der Waals surface area (Å²) in [6, 6.07) is 6.86. The highest BCUT2D eigenvalue weighted by Crippen LogP contribution is 2.40. The number of amides is 3. The van der Waals surface area contributed by atoms with E-state index in [1.807, 2.05) is 0 Å². The molecule has 1 aromatic heterocycles. The number of esters is 1. The number of imide groups is 1. The molecular weight excluding hydrogens is 452 g/mol. The minimum Gasteiger partial charge on any atom is -0.462 e. The van der Waals surface area contributed by atoms with Gasteiger partial charge in [-0.05, 0) is 62.6 Å². The Labute approximate surface area is 203 Å². The number of hydrogen-bond acceptors (Lipinski definition) is 6. The number of carbonyl (C=O) groups excluding carboxylic acids is 4. The molecule has 0 saturated heterocycles. The van der Waals surface area contributed by atoms with Crippen molar-refractivity contribution in [3.8, 4) is 0 Å². The molecule has 0 bridgehead atoms. The fraction of sp³-hybridized carbons (Fsp3) is 0.462. The third kappa shape index (κ3) is 4.92. The molecule has 0 spiro atoms. The van der Waals surface area contributed by atoms with Gasteiger partial charge in [-0.25, -0.2) is 4.79 Å².